The molecule has 0 saturated heterocycles. The second-order valence-corrected chi connectivity index (χ2v) is 5.60. The number of rotatable bonds is 3. The van der Waals surface area contributed by atoms with E-state index < -0.39 is 0 Å². The number of aromatic nitrogens is 1. The lowest BCUT2D eigenvalue weighted by atomic mass is 9.96. The van der Waals surface area contributed by atoms with Crippen LogP contribution in [0.4, 0.5) is 0 Å². The highest BCUT2D eigenvalue weighted by Crippen LogP contribution is 2.45. The van der Waals surface area contributed by atoms with Gasteiger partial charge in [-0.05, 0) is 5.56 Å². The fourth-order valence-electron chi connectivity index (χ4n) is 3.28. The van der Waals surface area contributed by atoms with Crippen LogP contribution in [0.5, 0.6) is 5.88 Å². The van der Waals surface area contributed by atoms with Gasteiger partial charge in [0, 0.05) is 22.3 Å². The van der Waals surface area contributed by atoms with Crippen molar-refractivity contribution >= 4 is 5.78 Å². The molecule has 4 nitrogen and oxygen atoms in total. The molecule has 1 aliphatic rings. The molecule has 0 aliphatic heterocycles. The SMILES string of the molecule is COc1nc(-c2ccccc2)c(CO)c2c1C(=O)c1ccccc1-2. The molecule has 1 N–H and O–H groups in total. The number of methoxy groups -OCH3 is 1. The molecule has 1 heterocycles. The number of nitrogens with zero attached hydrogens (tertiary/aromatic N) is 1. The Bertz CT molecular complexity index is 949. The molecule has 0 bridgehead atoms. The predicted molar refractivity (Wildman–Crippen MR) is 91.0 cm³/mol. The van der Waals surface area contributed by atoms with Crippen LogP contribution in [0, 0.1) is 0 Å². The van der Waals surface area contributed by atoms with E-state index in [2.05, 4.69) is 4.98 Å². The lowest BCUT2D eigenvalue weighted by Crippen LogP contribution is -2.05. The summed E-state index contributed by atoms with van der Waals surface area (Å²) in [5.41, 5.74) is 4.76. The number of carbonyl (C=O) groups is 1. The van der Waals surface area contributed by atoms with Gasteiger partial charge in [0.25, 0.3) is 0 Å². The Balaban J connectivity index is 2.11. The molecule has 4 heteroatoms. The Kier molecular flexibility index (Phi) is 3.40. The Morgan fingerprint density at radius 1 is 0.958 bits per heavy atom. The first-order chi connectivity index (χ1) is 11.8. The van der Waals surface area contributed by atoms with Gasteiger partial charge in [-0.15, -0.1) is 0 Å². The molecule has 2 aromatic carbocycles. The van der Waals surface area contributed by atoms with E-state index >= 15 is 0 Å². The summed E-state index contributed by atoms with van der Waals surface area (Å²) in [6.45, 7) is -0.203. The van der Waals surface area contributed by atoms with Crippen molar-refractivity contribution in [3.8, 4) is 28.3 Å². The third-order valence-electron chi connectivity index (χ3n) is 4.33. The first kappa shape index (κ1) is 14.6. The molecule has 0 amide bonds. The molecule has 0 saturated carbocycles. The van der Waals surface area contributed by atoms with Crippen molar-refractivity contribution in [2.45, 2.75) is 6.61 Å². The van der Waals surface area contributed by atoms with Crippen molar-refractivity contribution < 1.29 is 14.6 Å². The minimum Gasteiger partial charge on any atom is -0.480 e. The molecule has 3 aromatic rings. The molecule has 0 atom stereocenters. The number of ketones is 1. The van der Waals surface area contributed by atoms with Crippen LogP contribution in [-0.4, -0.2) is 23.0 Å². The smallest absolute Gasteiger partial charge is 0.225 e. The van der Waals surface area contributed by atoms with E-state index in [1.807, 2.05) is 48.5 Å². The number of fused-ring (bicyclic) bond motifs is 3. The van der Waals surface area contributed by atoms with Gasteiger partial charge in [0.1, 0.15) is 0 Å². The zero-order chi connectivity index (χ0) is 16.7. The van der Waals surface area contributed by atoms with Crippen LogP contribution in [0.3, 0.4) is 0 Å². The van der Waals surface area contributed by atoms with Gasteiger partial charge in [-0.1, -0.05) is 54.6 Å². The van der Waals surface area contributed by atoms with Crippen molar-refractivity contribution in [2.75, 3.05) is 7.11 Å². The predicted octanol–water partition coefficient (Wildman–Crippen LogP) is 3.46. The van der Waals surface area contributed by atoms with Crippen molar-refractivity contribution in [3.63, 3.8) is 0 Å². The minimum absolute atomic E-state index is 0.112. The molecule has 0 fully saturated rings. The average molecular weight is 317 g/mol. The van der Waals surface area contributed by atoms with Crippen LogP contribution in [0.1, 0.15) is 21.5 Å². The average Bonchev–Trinajstić information content (AvgIpc) is 2.95. The molecule has 4 rings (SSSR count). The third-order valence-corrected chi connectivity index (χ3v) is 4.33. The Labute approximate surface area is 139 Å². The summed E-state index contributed by atoms with van der Waals surface area (Å²) in [6, 6.07) is 17.0. The number of aliphatic hydroxyl groups is 1. The number of aliphatic hydroxyl groups excluding tert-OH is 1. The van der Waals surface area contributed by atoms with Crippen molar-refractivity contribution in [1.82, 2.24) is 4.98 Å². The molecule has 1 aromatic heterocycles. The Morgan fingerprint density at radius 2 is 1.62 bits per heavy atom. The first-order valence-electron chi connectivity index (χ1n) is 7.67. The quantitative estimate of drug-likeness (QED) is 0.628. The zero-order valence-electron chi connectivity index (χ0n) is 13.1. The maximum absolute atomic E-state index is 12.8. The van der Waals surface area contributed by atoms with Gasteiger partial charge in [0.2, 0.25) is 5.88 Å². The lowest BCUT2D eigenvalue weighted by Gasteiger charge is -2.15. The molecule has 0 unspecified atom stereocenters. The van der Waals surface area contributed by atoms with E-state index in [4.69, 9.17) is 4.74 Å². The number of benzene rings is 2. The fourth-order valence-corrected chi connectivity index (χ4v) is 3.28. The number of hydrogen-bond acceptors (Lipinski definition) is 4. The topological polar surface area (TPSA) is 59.4 Å². The number of pyridine rings is 1. The number of carbonyl (C=O) groups excluding carboxylic acids is 1. The highest BCUT2D eigenvalue weighted by Gasteiger charge is 2.34. The molecular formula is C20H15NO3. The van der Waals surface area contributed by atoms with Crippen LogP contribution >= 0.6 is 0 Å². The van der Waals surface area contributed by atoms with E-state index in [0.717, 1.165) is 16.7 Å². The normalized spacial score (nSPS) is 12.0. The van der Waals surface area contributed by atoms with Gasteiger partial charge >= 0.3 is 0 Å². The minimum atomic E-state index is -0.203. The van der Waals surface area contributed by atoms with Gasteiger partial charge in [-0.2, -0.15) is 0 Å². The summed E-state index contributed by atoms with van der Waals surface area (Å²) in [4.78, 5) is 17.3. The first-order valence-corrected chi connectivity index (χ1v) is 7.67. The van der Waals surface area contributed by atoms with E-state index in [9.17, 15) is 9.90 Å². The van der Waals surface area contributed by atoms with Gasteiger partial charge in [-0.3, -0.25) is 4.79 Å². The van der Waals surface area contributed by atoms with Crippen molar-refractivity contribution in [3.05, 3.63) is 71.3 Å². The summed E-state index contributed by atoms with van der Waals surface area (Å²) in [7, 11) is 1.51. The largest absolute Gasteiger partial charge is 0.480 e. The number of ether oxygens (including phenoxy) is 1. The standard InChI is InChI=1S/C20H15NO3/c1-24-20-17-16(13-9-5-6-10-14(13)19(17)23)15(11-22)18(21-20)12-7-3-2-4-8-12/h2-10,22H,11H2,1H3. The second-order valence-electron chi connectivity index (χ2n) is 5.60. The van der Waals surface area contributed by atoms with Crippen molar-refractivity contribution in [1.29, 1.82) is 0 Å². The summed E-state index contributed by atoms with van der Waals surface area (Å²) < 4.78 is 5.41. The molecule has 118 valence electrons. The van der Waals surface area contributed by atoms with E-state index in [-0.39, 0.29) is 12.4 Å². The molecule has 24 heavy (non-hydrogen) atoms. The Hall–Kier alpha value is -2.98. The zero-order valence-corrected chi connectivity index (χ0v) is 13.1. The molecule has 1 aliphatic carbocycles. The lowest BCUT2D eigenvalue weighted by molar-refractivity contribution is 0.104. The number of hydrogen-bond donors (Lipinski definition) is 1. The van der Waals surface area contributed by atoms with Gasteiger partial charge < -0.3 is 9.84 Å². The van der Waals surface area contributed by atoms with Crippen molar-refractivity contribution in [2.24, 2.45) is 0 Å². The molecule has 0 radical (unpaired) electrons. The maximum Gasteiger partial charge on any atom is 0.225 e. The van der Waals surface area contributed by atoms with E-state index in [1.54, 1.807) is 6.07 Å². The summed E-state index contributed by atoms with van der Waals surface area (Å²) in [5.74, 6) is 0.182. The third kappa shape index (κ3) is 1.97. The summed E-state index contributed by atoms with van der Waals surface area (Å²) >= 11 is 0. The Morgan fingerprint density at radius 3 is 2.29 bits per heavy atom. The van der Waals surface area contributed by atoms with Crippen LogP contribution in [-0.2, 0) is 6.61 Å². The van der Waals surface area contributed by atoms with Crippen LogP contribution in [0.2, 0.25) is 0 Å². The summed E-state index contributed by atoms with van der Waals surface area (Å²) in [6.07, 6.45) is 0. The van der Waals surface area contributed by atoms with Gasteiger partial charge in [-0.25, -0.2) is 4.98 Å². The van der Waals surface area contributed by atoms with Crippen LogP contribution in [0.25, 0.3) is 22.4 Å². The molecular weight excluding hydrogens is 302 g/mol. The fraction of sp³-hybridized carbons (Fsp3) is 0.100. The molecule has 0 spiro atoms. The van der Waals surface area contributed by atoms with Crippen LogP contribution < -0.4 is 4.74 Å². The van der Waals surface area contributed by atoms with Gasteiger partial charge in [0.15, 0.2) is 5.78 Å². The maximum atomic E-state index is 12.8. The van der Waals surface area contributed by atoms with Crippen LogP contribution in [0.15, 0.2) is 54.6 Å². The second kappa shape index (κ2) is 5.58. The van der Waals surface area contributed by atoms with E-state index in [1.165, 1.54) is 7.11 Å². The van der Waals surface area contributed by atoms with Gasteiger partial charge in [0.05, 0.1) is 25.0 Å². The van der Waals surface area contributed by atoms with E-state index in [0.29, 0.717) is 28.3 Å². The highest BCUT2D eigenvalue weighted by atomic mass is 16.5. The monoisotopic (exact) mass is 317 g/mol. The summed E-state index contributed by atoms with van der Waals surface area (Å²) in [5, 5.41) is 10.0. The highest BCUT2D eigenvalue weighted by molar-refractivity contribution is 6.23.